The Kier molecular flexibility index (Phi) is 3.71. The third kappa shape index (κ3) is 3.18. The van der Waals surface area contributed by atoms with E-state index in [0.717, 1.165) is 13.1 Å². The van der Waals surface area contributed by atoms with Crippen molar-refractivity contribution in [3.8, 4) is 0 Å². The number of hydrogen-bond acceptors (Lipinski definition) is 2. The summed E-state index contributed by atoms with van der Waals surface area (Å²) in [6, 6.07) is 4.49. The second-order valence-electron chi connectivity index (χ2n) is 4.94. The van der Waals surface area contributed by atoms with Gasteiger partial charge in [-0.3, -0.25) is 0 Å². The van der Waals surface area contributed by atoms with Crippen molar-refractivity contribution >= 4 is 11.6 Å². The van der Waals surface area contributed by atoms with Gasteiger partial charge in [0, 0.05) is 24.5 Å². The van der Waals surface area contributed by atoms with Crippen molar-refractivity contribution in [2.45, 2.75) is 24.9 Å². The zero-order chi connectivity index (χ0) is 12.5. The molecule has 0 bridgehead atoms. The lowest BCUT2D eigenvalue weighted by Crippen LogP contribution is -2.44. The maximum Gasteiger partial charge on any atom is 0.126 e. The first-order valence-electron chi connectivity index (χ1n) is 5.83. The maximum atomic E-state index is 13.6. The minimum Gasteiger partial charge on any atom is -0.389 e. The lowest BCUT2D eigenvalue weighted by atomic mass is 9.85. The summed E-state index contributed by atoms with van der Waals surface area (Å²) in [5, 5.41) is 10.9. The maximum absolute atomic E-state index is 13.6. The van der Waals surface area contributed by atoms with Gasteiger partial charge in [-0.25, -0.2) is 4.39 Å². The number of hydrogen-bond donors (Lipinski definition) is 1. The van der Waals surface area contributed by atoms with Gasteiger partial charge in [-0.2, -0.15) is 0 Å². The second-order valence-corrected chi connectivity index (χ2v) is 5.38. The first-order chi connectivity index (χ1) is 7.98. The van der Waals surface area contributed by atoms with Crippen molar-refractivity contribution < 1.29 is 9.50 Å². The molecule has 1 N–H and O–H groups in total. The van der Waals surface area contributed by atoms with Gasteiger partial charge in [0.2, 0.25) is 0 Å². The van der Waals surface area contributed by atoms with E-state index >= 15 is 0 Å². The van der Waals surface area contributed by atoms with Gasteiger partial charge in [0.1, 0.15) is 5.82 Å². The molecule has 0 atom stereocenters. The molecule has 0 aliphatic carbocycles. The minimum atomic E-state index is -0.794. The molecule has 0 saturated carbocycles. The number of rotatable bonds is 2. The number of aliphatic hydroxyl groups is 1. The molecule has 1 saturated heterocycles. The van der Waals surface area contributed by atoms with E-state index in [-0.39, 0.29) is 5.82 Å². The smallest absolute Gasteiger partial charge is 0.126 e. The molecule has 0 amide bonds. The summed E-state index contributed by atoms with van der Waals surface area (Å²) in [4.78, 5) is 2.17. The Hall–Kier alpha value is -0.640. The standard InChI is InChI=1S/C13H17ClFNO/c1-16-6-4-13(17,5-7-16)9-10-8-11(14)2-3-12(10)15/h2-3,8,17H,4-7,9H2,1H3. The highest BCUT2D eigenvalue weighted by atomic mass is 35.5. The molecule has 1 aliphatic heterocycles. The van der Waals surface area contributed by atoms with Gasteiger partial charge in [0.05, 0.1) is 5.60 Å². The summed E-state index contributed by atoms with van der Waals surface area (Å²) in [5.41, 5.74) is -0.289. The quantitative estimate of drug-likeness (QED) is 0.880. The van der Waals surface area contributed by atoms with E-state index < -0.39 is 5.60 Å². The van der Waals surface area contributed by atoms with Crippen LogP contribution in [0.15, 0.2) is 18.2 Å². The van der Waals surface area contributed by atoms with Crippen LogP contribution >= 0.6 is 11.6 Å². The monoisotopic (exact) mass is 257 g/mol. The van der Waals surface area contributed by atoms with E-state index in [1.165, 1.54) is 12.1 Å². The van der Waals surface area contributed by atoms with Crippen molar-refractivity contribution in [1.82, 2.24) is 4.90 Å². The zero-order valence-corrected chi connectivity index (χ0v) is 10.7. The van der Waals surface area contributed by atoms with Gasteiger partial charge >= 0.3 is 0 Å². The van der Waals surface area contributed by atoms with Crippen molar-refractivity contribution in [3.63, 3.8) is 0 Å². The molecule has 0 unspecified atom stereocenters. The third-order valence-electron chi connectivity index (χ3n) is 3.45. The Morgan fingerprint density at radius 2 is 2.06 bits per heavy atom. The van der Waals surface area contributed by atoms with E-state index in [2.05, 4.69) is 4.90 Å². The first kappa shape index (κ1) is 12.8. The molecule has 1 heterocycles. The Balaban J connectivity index is 2.12. The number of halogens is 2. The zero-order valence-electron chi connectivity index (χ0n) is 9.92. The highest BCUT2D eigenvalue weighted by molar-refractivity contribution is 6.30. The van der Waals surface area contributed by atoms with Crippen LogP contribution in [-0.4, -0.2) is 35.7 Å². The van der Waals surface area contributed by atoms with Crippen molar-refractivity contribution in [1.29, 1.82) is 0 Å². The van der Waals surface area contributed by atoms with E-state index in [4.69, 9.17) is 11.6 Å². The summed E-state index contributed by atoms with van der Waals surface area (Å²) >= 11 is 5.85. The SMILES string of the molecule is CN1CCC(O)(Cc2cc(Cl)ccc2F)CC1. The van der Waals surface area contributed by atoms with Crippen LogP contribution in [0.3, 0.4) is 0 Å². The Morgan fingerprint density at radius 1 is 1.41 bits per heavy atom. The molecule has 1 aromatic rings. The topological polar surface area (TPSA) is 23.5 Å². The van der Waals surface area contributed by atoms with Crippen molar-refractivity contribution in [2.75, 3.05) is 20.1 Å². The van der Waals surface area contributed by atoms with Crippen LogP contribution in [0.1, 0.15) is 18.4 Å². The summed E-state index contributed by atoms with van der Waals surface area (Å²) in [5.74, 6) is -0.290. The van der Waals surface area contributed by atoms with E-state index in [0.29, 0.717) is 29.8 Å². The van der Waals surface area contributed by atoms with Gasteiger partial charge in [-0.15, -0.1) is 0 Å². The Morgan fingerprint density at radius 3 is 2.71 bits per heavy atom. The predicted octanol–water partition coefficient (Wildman–Crippen LogP) is 2.48. The molecule has 1 fully saturated rings. The molecule has 4 heteroatoms. The number of benzene rings is 1. The van der Waals surface area contributed by atoms with Crippen molar-refractivity contribution in [2.24, 2.45) is 0 Å². The fourth-order valence-corrected chi connectivity index (χ4v) is 2.44. The molecule has 0 spiro atoms. The number of nitrogens with zero attached hydrogens (tertiary/aromatic N) is 1. The van der Waals surface area contributed by atoms with E-state index in [1.807, 2.05) is 7.05 Å². The first-order valence-corrected chi connectivity index (χ1v) is 6.21. The lowest BCUT2D eigenvalue weighted by Gasteiger charge is -2.36. The van der Waals surface area contributed by atoms with Crippen LogP contribution in [0.25, 0.3) is 0 Å². The van der Waals surface area contributed by atoms with Crippen LogP contribution in [0, 0.1) is 5.82 Å². The van der Waals surface area contributed by atoms with Crippen LogP contribution in [0.5, 0.6) is 0 Å². The van der Waals surface area contributed by atoms with Crippen molar-refractivity contribution in [3.05, 3.63) is 34.6 Å². The normalized spacial score (nSPS) is 20.5. The molecule has 1 aromatic carbocycles. The van der Waals surface area contributed by atoms with E-state index in [9.17, 15) is 9.50 Å². The molecule has 2 rings (SSSR count). The summed E-state index contributed by atoms with van der Waals surface area (Å²) in [6.07, 6.45) is 1.69. The largest absolute Gasteiger partial charge is 0.389 e. The summed E-state index contributed by atoms with van der Waals surface area (Å²) < 4.78 is 13.6. The molecule has 17 heavy (non-hydrogen) atoms. The minimum absolute atomic E-state index is 0.290. The molecule has 0 aromatic heterocycles. The average molecular weight is 258 g/mol. The van der Waals surface area contributed by atoms with Gasteiger partial charge in [-0.05, 0) is 43.7 Å². The Bertz CT molecular complexity index is 402. The summed E-state index contributed by atoms with van der Waals surface area (Å²) in [6.45, 7) is 1.69. The number of likely N-dealkylation sites (tertiary alicyclic amines) is 1. The molecule has 0 radical (unpaired) electrons. The van der Waals surface area contributed by atoms with Crippen LogP contribution in [-0.2, 0) is 6.42 Å². The average Bonchev–Trinajstić information content (AvgIpc) is 2.28. The summed E-state index contributed by atoms with van der Waals surface area (Å²) in [7, 11) is 2.03. The van der Waals surface area contributed by atoms with Crippen LogP contribution < -0.4 is 0 Å². The molecule has 94 valence electrons. The Labute approximate surface area is 106 Å². The fraction of sp³-hybridized carbons (Fsp3) is 0.538. The van der Waals surface area contributed by atoms with Crippen LogP contribution in [0.2, 0.25) is 5.02 Å². The molecule has 1 aliphatic rings. The lowest BCUT2D eigenvalue weighted by molar-refractivity contribution is -0.0156. The van der Waals surface area contributed by atoms with Gasteiger partial charge in [0.15, 0.2) is 0 Å². The van der Waals surface area contributed by atoms with E-state index in [1.54, 1.807) is 6.07 Å². The second kappa shape index (κ2) is 4.92. The van der Waals surface area contributed by atoms with Gasteiger partial charge < -0.3 is 10.0 Å². The van der Waals surface area contributed by atoms with Gasteiger partial charge in [-0.1, -0.05) is 11.6 Å². The fourth-order valence-electron chi connectivity index (χ4n) is 2.24. The van der Waals surface area contributed by atoms with Gasteiger partial charge in [0.25, 0.3) is 0 Å². The van der Waals surface area contributed by atoms with Crippen LogP contribution in [0.4, 0.5) is 4.39 Å². The highest BCUT2D eigenvalue weighted by Gasteiger charge is 2.32. The molecule has 2 nitrogen and oxygen atoms in total. The number of piperidine rings is 1. The highest BCUT2D eigenvalue weighted by Crippen LogP contribution is 2.27. The molecular formula is C13H17ClFNO. The third-order valence-corrected chi connectivity index (χ3v) is 3.68. The predicted molar refractivity (Wildman–Crippen MR) is 66.8 cm³/mol. The molecular weight excluding hydrogens is 241 g/mol.